The Kier molecular flexibility index (Phi) is 7.81. The lowest BCUT2D eigenvalue weighted by Crippen LogP contribution is -2.20. The first-order valence-corrected chi connectivity index (χ1v) is 11.2. The summed E-state index contributed by atoms with van der Waals surface area (Å²) >= 11 is 1.71. The highest BCUT2D eigenvalue weighted by Crippen LogP contribution is 2.28. The molecule has 3 aromatic rings. The highest BCUT2D eigenvalue weighted by Gasteiger charge is 2.17. The van der Waals surface area contributed by atoms with E-state index in [-0.39, 0.29) is 5.75 Å². The van der Waals surface area contributed by atoms with Crippen molar-refractivity contribution in [3.05, 3.63) is 53.9 Å². The Morgan fingerprint density at radius 1 is 1.06 bits per heavy atom. The lowest BCUT2D eigenvalue weighted by atomic mass is 10.2. The summed E-state index contributed by atoms with van der Waals surface area (Å²) in [6.45, 7) is 5.67. The molecule has 1 N–H and O–H groups in total. The van der Waals surface area contributed by atoms with E-state index < -0.39 is 0 Å². The average molecular weight is 443 g/mol. The molecule has 0 saturated carbocycles. The van der Waals surface area contributed by atoms with Gasteiger partial charge in [-0.2, -0.15) is 0 Å². The van der Waals surface area contributed by atoms with Gasteiger partial charge in [-0.05, 0) is 42.8 Å². The summed E-state index contributed by atoms with van der Waals surface area (Å²) in [4.78, 5) is 2.16. The van der Waals surface area contributed by atoms with Crippen molar-refractivity contribution < 1.29 is 14.6 Å². The third kappa shape index (κ3) is 5.92. The molecule has 0 unspecified atom stereocenters. The summed E-state index contributed by atoms with van der Waals surface area (Å²) in [5.41, 5.74) is 2.02. The van der Waals surface area contributed by atoms with Gasteiger partial charge in [0.25, 0.3) is 0 Å². The standard InChI is InChI=1S/C23H30N4O3S/c1-16(2)15-31-23-25-24-22(27(23)18-7-6-8-19(12-18)29-4)14-26(3)13-17-9-10-20(28)21(11-17)30-5/h6-12,16,28H,13-15H2,1-5H3. The number of hydrogen-bond acceptors (Lipinski definition) is 7. The van der Waals surface area contributed by atoms with Crippen LogP contribution >= 0.6 is 11.8 Å². The molecular weight excluding hydrogens is 412 g/mol. The van der Waals surface area contributed by atoms with Crippen LogP contribution in [0.5, 0.6) is 17.2 Å². The van der Waals surface area contributed by atoms with E-state index in [1.807, 2.05) is 43.4 Å². The van der Waals surface area contributed by atoms with E-state index in [0.29, 0.717) is 24.8 Å². The largest absolute Gasteiger partial charge is 0.504 e. The normalized spacial score (nSPS) is 11.3. The van der Waals surface area contributed by atoms with Gasteiger partial charge in [-0.15, -0.1) is 10.2 Å². The van der Waals surface area contributed by atoms with Crippen molar-refractivity contribution >= 4 is 11.8 Å². The molecule has 0 amide bonds. The van der Waals surface area contributed by atoms with Gasteiger partial charge in [-0.25, -0.2) is 0 Å². The van der Waals surface area contributed by atoms with Crippen LogP contribution in [-0.2, 0) is 13.1 Å². The Hall–Kier alpha value is -2.71. The number of phenols is 1. The Labute approximate surface area is 188 Å². The molecule has 0 fully saturated rings. The first-order valence-electron chi connectivity index (χ1n) is 10.2. The predicted molar refractivity (Wildman–Crippen MR) is 123 cm³/mol. The SMILES string of the molecule is COc1cccc(-n2c(CN(C)Cc3ccc(O)c(OC)c3)nnc2SCC(C)C)c1. The van der Waals surface area contributed by atoms with E-state index in [9.17, 15) is 5.11 Å². The Morgan fingerprint density at radius 3 is 2.58 bits per heavy atom. The number of aromatic hydroxyl groups is 1. The molecular formula is C23H30N4O3S. The van der Waals surface area contributed by atoms with Crippen molar-refractivity contribution in [1.82, 2.24) is 19.7 Å². The highest BCUT2D eigenvalue weighted by molar-refractivity contribution is 7.99. The number of thioether (sulfide) groups is 1. The number of rotatable bonds is 10. The summed E-state index contributed by atoms with van der Waals surface area (Å²) in [7, 11) is 5.25. The van der Waals surface area contributed by atoms with Crippen LogP contribution < -0.4 is 9.47 Å². The van der Waals surface area contributed by atoms with Crippen LogP contribution in [0, 0.1) is 5.92 Å². The van der Waals surface area contributed by atoms with Crippen molar-refractivity contribution in [2.75, 3.05) is 27.0 Å². The van der Waals surface area contributed by atoms with Gasteiger partial charge in [-0.3, -0.25) is 9.47 Å². The molecule has 0 saturated heterocycles. The number of hydrogen-bond donors (Lipinski definition) is 1. The molecule has 31 heavy (non-hydrogen) atoms. The maximum Gasteiger partial charge on any atom is 0.195 e. The van der Waals surface area contributed by atoms with E-state index in [2.05, 4.69) is 33.5 Å². The summed E-state index contributed by atoms with van der Waals surface area (Å²) < 4.78 is 12.7. The van der Waals surface area contributed by atoms with E-state index in [1.165, 1.54) is 0 Å². The number of nitrogens with zero attached hydrogens (tertiary/aromatic N) is 4. The zero-order valence-electron chi connectivity index (χ0n) is 18.7. The van der Waals surface area contributed by atoms with Gasteiger partial charge < -0.3 is 14.6 Å². The first-order chi connectivity index (χ1) is 14.9. The van der Waals surface area contributed by atoms with E-state index in [0.717, 1.165) is 33.7 Å². The zero-order chi connectivity index (χ0) is 22.4. The summed E-state index contributed by atoms with van der Waals surface area (Å²) in [6, 6.07) is 13.3. The van der Waals surface area contributed by atoms with Crippen molar-refractivity contribution in [3.63, 3.8) is 0 Å². The fourth-order valence-electron chi connectivity index (χ4n) is 3.18. The third-order valence-corrected chi connectivity index (χ3v) is 6.02. The van der Waals surface area contributed by atoms with Crippen LogP contribution in [0.25, 0.3) is 5.69 Å². The minimum absolute atomic E-state index is 0.137. The molecule has 1 aromatic heterocycles. The van der Waals surface area contributed by atoms with Crippen LogP contribution in [0.1, 0.15) is 25.2 Å². The zero-order valence-corrected chi connectivity index (χ0v) is 19.5. The summed E-state index contributed by atoms with van der Waals surface area (Å²) in [5.74, 6) is 3.77. The highest BCUT2D eigenvalue weighted by atomic mass is 32.2. The molecule has 166 valence electrons. The second-order valence-corrected chi connectivity index (χ2v) is 8.81. The molecule has 2 aromatic carbocycles. The van der Waals surface area contributed by atoms with E-state index >= 15 is 0 Å². The van der Waals surface area contributed by atoms with Crippen LogP contribution in [-0.4, -0.2) is 51.8 Å². The molecule has 0 aliphatic carbocycles. The molecule has 0 spiro atoms. The number of aromatic nitrogens is 3. The first kappa shape index (κ1) is 23.0. The molecule has 8 heteroatoms. The van der Waals surface area contributed by atoms with E-state index in [1.54, 1.807) is 32.0 Å². The molecule has 0 aliphatic heterocycles. The van der Waals surface area contributed by atoms with E-state index in [4.69, 9.17) is 9.47 Å². The fourth-order valence-corrected chi connectivity index (χ4v) is 4.10. The molecule has 0 bridgehead atoms. The van der Waals surface area contributed by atoms with Crippen LogP contribution in [0.15, 0.2) is 47.6 Å². The molecule has 1 heterocycles. The molecule has 0 aliphatic rings. The number of ether oxygens (including phenoxy) is 2. The van der Waals surface area contributed by atoms with Gasteiger partial charge in [0.15, 0.2) is 22.5 Å². The molecule has 3 rings (SSSR count). The number of methoxy groups -OCH3 is 2. The quantitative estimate of drug-likeness (QED) is 0.467. The van der Waals surface area contributed by atoms with Crippen LogP contribution in [0.2, 0.25) is 0 Å². The predicted octanol–water partition coefficient (Wildman–Crippen LogP) is 4.37. The van der Waals surface area contributed by atoms with Crippen LogP contribution in [0.3, 0.4) is 0 Å². The summed E-state index contributed by atoms with van der Waals surface area (Å²) in [5, 5.41) is 19.7. The number of phenolic OH excluding ortho intramolecular Hbond substituents is 1. The lowest BCUT2D eigenvalue weighted by Gasteiger charge is -2.18. The molecule has 0 radical (unpaired) electrons. The Balaban J connectivity index is 1.85. The van der Waals surface area contributed by atoms with Gasteiger partial charge in [0.05, 0.1) is 26.5 Å². The van der Waals surface area contributed by atoms with Gasteiger partial charge in [0.1, 0.15) is 5.75 Å². The maximum absolute atomic E-state index is 9.83. The summed E-state index contributed by atoms with van der Waals surface area (Å²) in [6.07, 6.45) is 0. The molecule has 7 nitrogen and oxygen atoms in total. The topological polar surface area (TPSA) is 72.6 Å². The average Bonchev–Trinajstić information content (AvgIpc) is 3.15. The lowest BCUT2D eigenvalue weighted by molar-refractivity contribution is 0.306. The number of benzene rings is 2. The monoisotopic (exact) mass is 442 g/mol. The maximum atomic E-state index is 9.83. The second-order valence-electron chi connectivity index (χ2n) is 7.82. The third-order valence-electron chi connectivity index (χ3n) is 4.67. The Morgan fingerprint density at radius 2 is 1.87 bits per heavy atom. The molecule has 0 atom stereocenters. The Bertz CT molecular complexity index is 1010. The van der Waals surface area contributed by atoms with Crippen molar-refractivity contribution in [3.8, 4) is 22.9 Å². The van der Waals surface area contributed by atoms with Crippen LogP contribution in [0.4, 0.5) is 0 Å². The van der Waals surface area contributed by atoms with Gasteiger partial charge in [0.2, 0.25) is 0 Å². The van der Waals surface area contributed by atoms with Gasteiger partial charge >= 0.3 is 0 Å². The van der Waals surface area contributed by atoms with Gasteiger partial charge in [0, 0.05) is 18.4 Å². The minimum atomic E-state index is 0.137. The van der Waals surface area contributed by atoms with Crippen molar-refractivity contribution in [2.45, 2.75) is 32.1 Å². The van der Waals surface area contributed by atoms with Crippen molar-refractivity contribution in [2.24, 2.45) is 5.92 Å². The fraction of sp³-hybridized carbons (Fsp3) is 0.391. The van der Waals surface area contributed by atoms with Crippen molar-refractivity contribution in [1.29, 1.82) is 0 Å². The minimum Gasteiger partial charge on any atom is -0.504 e. The smallest absolute Gasteiger partial charge is 0.195 e. The second kappa shape index (κ2) is 10.5. The van der Waals surface area contributed by atoms with Gasteiger partial charge in [-0.1, -0.05) is 37.7 Å².